The Hall–Kier alpha value is -0.610. The molecule has 0 fully saturated rings. The second kappa shape index (κ2) is 6.23. The molecular formula is C13H9BrCl3NO. The third-order valence-electron chi connectivity index (χ3n) is 2.51. The average molecular weight is 381 g/mol. The topological polar surface area (TPSA) is 32.3 Å². The Morgan fingerprint density at radius 2 is 1.63 bits per heavy atom. The zero-order valence-electron chi connectivity index (χ0n) is 9.55. The molecule has 19 heavy (non-hydrogen) atoms. The molecule has 0 radical (unpaired) electrons. The SMILES string of the molecule is Oc1c(Cl)cc(NCc2ccc(Br)cc2Cl)cc1Cl. The lowest BCUT2D eigenvalue weighted by Crippen LogP contribution is -2.00. The molecule has 2 N–H and O–H groups in total. The quantitative estimate of drug-likeness (QED) is 0.666. The molecular weight excluding hydrogens is 372 g/mol. The van der Waals surface area contributed by atoms with Crippen molar-refractivity contribution in [3.05, 3.63) is 55.4 Å². The van der Waals surface area contributed by atoms with E-state index in [1.807, 2.05) is 18.2 Å². The van der Waals surface area contributed by atoms with E-state index >= 15 is 0 Å². The Kier molecular flexibility index (Phi) is 4.85. The van der Waals surface area contributed by atoms with Crippen LogP contribution in [0.15, 0.2) is 34.8 Å². The molecule has 0 bridgehead atoms. The van der Waals surface area contributed by atoms with Crippen molar-refractivity contribution in [2.45, 2.75) is 6.54 Å². The van der Waals surface area contributed by atoms with E-state index in [1.165, 1.54) is 0 Å². The largest absolute Gasteiger partial charge is 0.505 e. The number of benzene rings is 2. The van der Waals surface area contributed by atoms with Gasteiger partial charge in [-0.1, -0.05) is 56.8 Å². The minimum Gasteiger partial charge on any atom is -0.505 e. The number of nitrogens with one attached hydrogen (secondary N) is 1. The van der Waals surface area contributed by atoms with E-state index in [0.29, 0.717) is 17.3 Å². The molecule has 2 aromatic carbocycles. The molecule has 0 aromatic heterocycles. The van der Waals surface area contributed by atoms with E-state index in [0.717, 1.165) is 10.0 Å². The Bertz CT molecular complexity index is 596. The smallest absolute Gasteiger partial charge is 0.152 e. The van der Waals surface area contributed by atoms with Crippen molar-refractivity contribution in [1.29, 1.82) is 0 Å². The van der Waals surface area contributed by atoms with Crippen molar-refractivity contribution < 1.29 is 5.11 Å². The summed E-state index contributed by atoms with van der Waals surface area (Å²) < 4.78 is 0.928. The van der Waals surface area contributed by atoms with E-state index in [4.69, 9.17) is 34.8 Å². The van der Waals surface area contributed by atoms with Crippen molar-refractivity contribution in [3.8, 4) is 5.75 Å². The van der Waals surface area contributed by atoms with E-state index in [9.17, 15) is 5.11 Å². The van der Waals surface area contributed by atoms with E-state index in [2.05, 4.69) is 21.2 Å². The molecule has 0 unspecified atom stereocenters. The lowest BCUT2D eigenvalue weighted by atomic mass is 10.2. The Morgan fingerprint density at radius 1 is 1.00 bits per heavy atom. The van der Waals surface area contributed by atoms with Gasteiger partial charge in [-0.25, -0.2) is 0 Å². The molecule has 0 saturated carbocycles. The fourth-order valence-corrected chi connectivity index (χ4v) is 2.76. The summed E-state index contributed by atoms with van der Waals surface area (Å²) in [6.07, 6.45) is 0. The van der Waals surface area contributed by atoms with Gasteiger partial charge in [0.2, 0.25) is 0 Å². The molecule has 2 nitrogen and oxygen atoms in total. The van der Waals surface area contributed by atoms with Gasteiger partial charge >= 0.3 is 0 Å². The molecule has 0 saturated heterocycles. The van der Waals surface area contributed by atoms with Gasteiger partial charge in [0.25, 0.3) is 0 Å². The monoisotopic (exact) mass is 379 g/mol. The molecule has 2 rings (SSSR count). The molecule has 0 aliphatic carbocycles. The van der Waals surface area contributed by atoms with Crippen LogP contribution in [0, 0.1) is 0 Å². The van der Waals surface area contributed by atoms with Gasteiger partial charge < -0.3 is 10.4 Å². The fraction of sp³-hybridized carbons (Fsp3) is 0.0769. The number of anilines is 1. The summed E-state index contributed by atoms with van der Waals surface area (Å²) >= 11 is 21.2. The van der Waals surface area contributed by atoms with Crippen LogP contribution in [0.4, 0.5) is 5.69 Å². The van der Waals surface area contributed by atoms with Gasteiger partial charge in [-0.2, -0.15) is 0 Å². The standard InChI is InChI=1S/C13H9BrCl3NO/c14-8-2-1-7(10(15)3-8)6-18-9-4-11(16)13(19)12(17)5-9/h1-5,18-19H,6H2. The number of phenolic OH excluding ortho intramolecular Hbond substituents is 1. The highest BCUT2D eigenvalue weighted by atomic mass is 79.9. The third kappa shape index (κ3) is 3.69. The molecule has 0 atom stereocenters. The summed E-state index contributed by atoms with van der Waals surface area (Å²) in [6, 6.07) is 8.88. The van der Waals surface area contributed by atoms with Crippen LogP contribution in [0.1, 0.15) is 5.56 Å². The second-order valence-corrected chi connectivity index (χ2v) is 6.02. The van der Waals surface area contributed by atoms with Crippen LogP contribution < -0.4 is 5.32 Å². The maximum absolute atomic E-state index is 9.47. The minimum absolute atomic E-state index is 0.115. The minimum atomic E-state index is -0.115. The first kappa shape index (κ1) is 14.8. The van der Waals surface area contributed by atoms with Crippen molar-refractivity contribution >= 4 is 56.4 Å². The number of hydrogen-bond donors (Lipinski definition) is 2. The van der Waals surface area contributed by atoms with Crippen molar-refractivity contribution in [2.24, 2.45) is 0 Å². The van der Waals surface area contributed by atoms with Crippen LogP contribution in [-0.2, 0) is 6.54 Å². The first-order valence-electron chi connectivity index (χ1n) is 5.33. The van der Waals surface area contributed by atoms with Crippen molar-refractivity contribution in [2.75, 3.05) is 5.32 Å². The molecule has 0 heterocycles. The van der Waals surface area contributed by atoms with Gasteiger partial charge in [0.15, 0.2) is 5.75 Å². The maximum Gasteiger partial charge on any atom is 0.152 e. The maximum atomic E-state index is 9.47. The normalized spacial score (nSPS) is 10.5. The summed E-state index contributed by atoms with van der Waals surface area (Å²) in [5.74, 6) is -0.115. The first-order valence-corrected chi connectivity index (χ1v) is 7.26. The van der Waals surface area contributed by atoms with E-state index in [-0.39, 0.29) is 15.8 Å². The predicted octanol–water partition coefficient (Wildman–Crippen LogP) is 5.73. The zero-order chi connectivity index (χ0) is 14.0. The number of phenols is 1. The molecule has 0 amide bonds. The van der Waals surface area contributed by atoms with Crippen LogP contribution in [0.5, 0.6) is 5.75 Å². The number of hydrogen-bond acceptors (Lipinski definition) is 2. The van der Waals surface area contributed by atoms with Crippen LogP contribution >= 0.6 is 50.7 Å². The summed E-state index contributed by atoms with van der Waals surface area (Å²) in [4.78, 5) is 0. The van der Waals surface area contributed by atoms with Crippen LogP contribution in [0.25, 0.3) is 0 Å². The van der Waals surface area contributed by atoms with Gasteiger partial charge in [-0.3, -0.25) is 0 Å². The first-order chi connectivity index (χ1) is 8.97. The average Bonchev–Trinajstić information content (AvgIpc) is 2.34. The van der Waals surface area contributed by atoms with Gasteiger partial charge in [0, 0.05) is 21.7 Å². The Balaban J connectivity index is 2.14. The summed E-state index contributed by atoms with van der Waals surface area (Å²) in [5.41, 5.74) is 1.66. The molecule has 2 aromatic rings. The van der Waals surface area contributed by atoms with Gasteiger partial charge in [0.05, 0.1) is 10.0 Å². The summed E-state index contributed by atoms with van der Waals surface area (Å²) in [7, 11) is 0. The van der Waals surface area contributed by atoms with Gasteiger partial charge in [-0.15, -0.1) is 0 Å². The number of aromatic hydroxyl groups is 1. The lowest BCUT2D eigenvalue weighted by Gasteiger charge is -2.10. The van der Waals surface area contributed by atoms with Crippen molar-refractivity contribution in [1.82, 2.24) is 0 Å². The van der Waals surface area contributed by atoms with Gasteiger partial charge in [0.1, 0.15) is 0 Å². The molecule has 0 spiro atoms. The van der Waals surface area contributed by atoms with E-state index < -0.39 is 0 Å². The highest BCUT2D eigenvalue weighted by Gasteiger charge is 2.07. The highest BCUT2D eigenvalue weighted by Crippen LogP contribution is 2.35. The van der Waals surface area contributed by atoms with Crippen LogP contribution in [0.3, 0.4) is 0 Å². The molecule has 0 aliphatic heterocycles. The van der Waals surface area contributed by atoms with Crippen LogP contribution in [-0.4, -0.2) is 5.11 Å². The lowest BCUT2D eigenvalue weighted by molar-refractivity contribution is 0.476. The number of rotatable bonds is 3. The molecule has 0 aliphatic rings. The second-order valence-electron chi connectivity index (χ2n) is 3.88. The highest BCUT2D eigenvalue weighted by molar-refractivity contribution is 9.10. The van der Waals surface area contributed by atoms with Crippen LogP contribution in [0.2, 0.25) is 15.1 Å². The fourth-order valence-electron chi connectivity index (χ4n) is 1.53. The van der Waals surface area contributed by atoms with Gasteiger partial charge in [-0.05, 0) is 29.8 Å². The summed E-state index contributed by atoms with van der Waals surface area (Å²) in [6.45, 7) is 0.531. The van der Waals surface area contributed by atoms with E-state index in [1.54, 1.807) is 12.1 Å². The summed E-state index contributed by atoms with van der Waals surface area (Å²) in [5, 5.41) is 13.7. The Morgan fingerprint density at radius 3 is 2.21 bits per heavy atom. The zero-order valence-corrected chi connectivity index (χ0v) is 13.4. The predicted molar refractivity (Wildman–Crippen MR) is 84.6 cm³/mol. The Labute approximate surface area is 134 Å². The molecule has 100 valence electrons. The third-order valence-corrected chi connectivity index (χ3v) is 3.94. The van der Waals surface area contributed by atoms with Crippen molar-refractivity contribution in [3.63, 3.8) is 0 Å². The number of halogens is 4. The molecule has 6 heteroatoms.